The molecule has 0 bridgehead atoms. The summed E-state index contributed by atoms with van der Waals surface area (Å²) in [5, 5.41) is 12.1. The first-order chi connectivity index (χ1) is 12.6. The van der Waals surface area contributed by atoms with Crippen LogP contribution in [0.2, 0.25) is 0 Å². The highest BCUT2D eigenvalue weighted by Gasteiger charge is 2.41. The molecule has 2 unspecified atom stereocenters. The van der Waals surface area contributed by atoms with E-state index >= 15 is 0 Å². The lowest BCUT2D eigenvalue weighted by Gasteiger charge is -2.17. The molecule has 2 atom stereocenters. The van der Waals surface area contributed by atoms with E-state index in [1.165, 1.54) is 30.1 Å². The molecule has 134 valence electrons. The maximum atomic E-state index is 14.3. The molecule has 0 radical (unpaired) electrons. The van der Waals surface area contributed by atoms with Crippen LogP contribution >= 0.6 is 0 Å². The average Bonchev–Trinajstić information content (AvgIpc) is 3.27. The molecule has 3 heterocycles. The number of anilines is 1. The molecule has 0 saturated carbocycles. The molecule has 1 aromatic carbocycles. The first-order valence-electron chi connectivity index (χ1n) is 8.01. The molecule has 4 rings (SSSR count). The summed E-state index contributed by atoms with van der Waals surface area (Å²) in [5.74, 6) is -2.22. The first-order valence-corrected chi connectivity index (χ1v) is 8.01. The SMILES string of the molecule is COC(=O)C1CN(c2ccc3nncn3n2)CC1c1ccc(F)cc1F. The zero-order valence-corrected chi connectivity index (χ0v) is 13.8. The molecule has 2 aromatic heterocycles. The number of hydrogen-bond acceptors (Lipinski definition) is 6. The van der Waals surface area contributed by atoms with Crippen molar-refractivity contribution >= 4 is 17.4 Å². The molecule has 1 fully saturated rings. The van der Waals surface area contributed by atoms with Crippen LogP contribution in [0.15, 0.2) is 36.7 Å². The van der Waals surface area contributed by atoms with Crippen LogP contribution in [0.25, 0.3) is 5.65 Å². The number of esters is 1. The molecular formula is C17H15F2N5O2. The second kappa shape index (κ2) is 6.32. The monoisotopic (exact) mass is 359 g/mol. The van der Waals surface area contributed by atoms with Gasteiger partial charge in [0.1, 0.15) is 23.8 Å². The summed E-state index contributed by atoms with van der Waals surface area (Å²) in [7, 11) is 1.30. The van der Waals surface area contributed by atoms with Gasteiger partial charge >= 0.3 is 5.97 Å². The zero-order valence-electron chi connectivity index (χ0n) is 13.8. The molecule has 1 aliphatic rings. The van der Waals surface area contributed by atoms with E-state index in [-0.39, 0.29) is 5.56 Å². The minimum atomic E-state index is -0.673. The van der Waals surface area contributed by atoms with Crippen molar-refractivity contribution < 1.29 is 18.3 Å². The lowest BCUT2D eigenvalue weighted by Crippen LogP contribution is -2.25. The fraction of sp³-hybridized carbons (Fsp3) is 0.294. The number of fused-ring (bicyclic) bond motifs is 1. The van der Waals surface area contributed by atoms with E-state index in [1.54, 1.807) is 12.1 Å². The number of carbonyl (C=O) groups excluding carboxylic acids is 1. The summed E-state index contributed by atoms with van der Waals surface area (Å²) in [6.45, 7) is 0.664. The van der Waals surface area contributed by atoms with Crippen LogP contribution in [0.4, 0.5) is 14.6 Å². The van der Waals surface area contributed by atoms with Gasteiger partial charge in [-0.15, -0.1) is 15.3 Å². The van der Waals surface area contributed by atoms with Gasteiger partial charge in [-0.05, 0) is 23.8 Å². The lowest BCUT2D eigenvalue weighted by atomic mass is 9.88. The number of carbonyl (C=O) groups is 1. The van der Waals surface area contributed by atoms with E-state index in [9.17, 15) is 13.6 Å². The van der Waals surface area contributed by atoms with Crippen LogP contribution in [-0.2, 0) is 9.53 Å². The third-order valence-electron chi connectivity index (χ3n) is 4.66. The fourth-order valence-electron chi connectivity index (χ4n) is 3.39. The van der Waals surface area contributed by atoms with Crippen LogP contribution in [0, 0.1) is 17.6 Å². The van der Waals surface area contributed by atoms with Crippen molar-refractivity contribution in [3.8, 4) is 0 Å². The molecule has 26 heavy (non-hydrogen) atoms. The third kappa shape index (κ3) is 2.75. The number of hydrogen-bond donors (Lipinski definition) is 0. The van der Waals surface area contributed by atoms with Crippen LogP contribution in [0.3, 0.4) is 0 Å². The van der Waals surface area contributed by atoms with Crippen molar-refractivity contribution in [1.29, 1.82) is 0 Å². The Morgan fingerprint density at radius 3 is 2.85 bits per heavy atom. The summed E-state index contributed by atoms with van der Waals surface area (Å²) in [4.78, 5) is 14.1. The van der Waals surface area contributed by atoms with Gasteiger partial charge in [0, 0.05) is 25.1 Å². The molecule has 0 spiro atoms. The van der Waals surface area contributed by atoms with Crippen LogP contribution in [0.5, 0.6) is 0 Å². The number of benzene rings is 1. The Labute approximate surface area is 147 Å². The maximum absolute atomic E-state index is 14.3. The summed E-state index contributed by atoms with van der Waals surface area (Å²) in [5.41, 5.74) is 0.883. The highest BCUT2D eigenvalue weighted by atomic mass is 19.1. The average molecular weight is 359 g/mol. The standard InChI is InChI=1S/C17H15F2N5O2/c1-26-17(25)13-8-23(16-5-4-15-21-20-9-24(15)22-16)7-12(13)11-3-2-10(18)6-14(11)19/h2-6,9,12-13H,7-8H2,1H3. The molecule has 7 nitrogen and oxygen atoms in total. The van der Waals surface area contributed by atoms with Gasteiger partial charge in [-0.25, -0.2) is 8.78 Å². The molecule has 9 heteroatoms. The molecule has 3 aromatic rings. The van der Waals surface area contributed by atoms with Crippen LogP contribution in [-0.4, -0.2) is 46.0 Å². The van der Waals surface area contributed by atoms with Crippen molar-refractivity contribution in [1.82, 2.24) is 19.8 Å². The van der Waals surface area contributed by atoms with Gasteiger partial charge in [0.05, 0.1) is 13.0 Å². The number of halogens is 2. The van der Waals surface area contributed by atoms with Crippen molar-refractivity contribution in [2.45, 2.75) is 5.92 Å². The van der Waals surface area contributed by atoms with Gasteiger partial charge in [-0.2, -0.15) is 4.52 Å². The Kier molecular flexibility index (Phi) is 3.98. The minimum absolute atomic E-state index is 0.287. The number of nitrogens with zero attached hydrogens (tertiary/aromatic N) is 5. The Bertz CT molecular complexity index is 977. The summed E-state index contributed by atoms with van der Waals surface area (Å²) >= 11 is 0. The van der Waals surface area contributed by atoms with Crippen molar-refractivity contribution in [2.24, 2.45) is 5.92 Å². The Morgan fingerprint density at radius 2 is 2.08 bits per heavy atom. The van der Waals surface area contributed by atoms with E-state index in [2.05, 4.69) is 15.3 Å². The number of rotatable bonds is 3. The normalized spacial score (nSPS) is 19.9. The summed E-state index contributed by atoms with van der Waals surface area (Å²) in [6, 6.07) is 6.92. The van der Waals surface area contributed by atoms with Gasteiger partial charge in [0.25, 0.3) is 0 Å². The molecule has 1 aliphatic heterocycles. The molecule has 1 saturated heterocycles. The highest BCUT2D eigenvalue weighted by Crippen LogP contribution is 2.36. The largest absolute Gasteiger partial charge is 0.469 e. The van der Waals surface area contributed by atoms with E-state index in [0.717, 1.165) is 6.07 Å². The second-order valence-electron chi connectivity index (χ2n) is 6.13. The topological polar surface area (TPSA) is 72.6 Å². The first kappa shape index (κ1) is 16.4. The third-order valence-corrected chi connectivity index (χ3v) is 4.66. The van der Waals surface area contributed by atoms with Crippen molar-refractivity contribution in [3.63, 3.8) is 0 Å². The number of ether oxygens (including phenoxy) is 1. The van der Waals surface area contributed by atoms with Gasteiger partial charge < -0.3 is 9.64 Å². The van der Waals surface area contributed by atoms with Gasteiger partial charge in [0.15, 0.2) is 5.65 Å². The van der Waals surface area contributed by atoms with E-state index in [0.29, 0.717) is 24.6 Å². The quantitative estimate of drug-likeness (QED) is 0.664. The van der Waals surface area contributed by atoms with Crippen molar-refractivity contribution in [2.75, 3.05) is 25.1 Å². The molecule has 0 amide bonds. The van der Waals surface area contributed by atoms with Gasteiger partial charge in [-0.1, -0.05) is 6.07 Å². The predicted molar refractivity (Wildman–Crippen MR) is 87.6 cm³/mol. The Hall–Kier alpha value is -3.10. The molecule has 0 N–H and O–H groups in total. The van der Waals surface area contributed by atoms with Crippen molar-refractivity contribution in [3.05, 3.63) is 53.9 Å². The second-order valence-corrected chi connectivity index (χ2v) is 6.13. The van der Waals surface area contributed by atoms with E-state index in [1.807, 2.05) is 4.90 Å². The summed E-state index contributed by atoms with van der Waals surface area (Å²) < 4.78 is 33.9. The minimum Gasteiger partial charge on any atom is -0.469 e. The summed E-state index contributed by atoms with van der Waals surface area (Å²) in [6.07, 6.45) is 1.48. The molecular weight excluding hydrogens is 344 g/mol. The predicted octanol–water partition coefficient (Wildman–Crippen LogP) is 1.80. The zero-order chi connectivity index (χ0) is 18.3. The van der Waals surface area contributed by atoms with Crippen LogP contribution in [0.1, 0.15) is 11.5 Å². The smallest absolute Gasteiger partial charge is 0.311 e. The van der Waals surface area contributed by atoms with Gasteiger partial charge in [-0.3, -0.25) is 4.79 Å². The van der Waals surface area contributed by atoms with E-state index < -0.39 is 29.4 Å². The van der Waals surface area contributed by atoms with Gasteiger partial charge in [0.2, 0.25) is 0 Å². The highest BCUT2D eigenvalue weighted by molar-refractivity contribution is 5.76. The molecule has 0 aliphatic carbocycles. The number of aromatic nitrogens is 4. The Morgan fingerprint density at radius 1 is 1.23 bits per heavy atom. The van der Waals surface area contributed by atoms with E-state index in [4.69, 9.17) is 4.74 Å². The number of methoxy groups -OCH3 is 1. The van der Waals surface area contributed by atoms with Crippen LogP contribution < -0.4 is 4.90 Å². The Balaban J connectivity index is 1.69. The maximum Gasteiger partial charge on any atom is 0.311 e. The fourth-order valence-corrected chi connectivity index (χ4v) is 3.39. The lowest BCUT2D eigenvalue weighted by molar-refractivity contribution is -0.145.